The Morgan fingerprint density at radius 1 is 1.35 bits per heavy atom. The molecule has 7 heteroatoms. The van der Waals surface area contributed by atoms with Crippen LogP contribution in [0.2, 0.25) is 0 Å². The number of thiophene rings is 1. The molecule has 102 valence electrons. The number of benzene rings is 1. The van der Waals surface area contributed by atoms with E-state index in [4.69, 9.17) is 0 Å². The van der Waals surface area contributed by atoms with Gasteiger partial charge in [0.1, 0.15) is 0 Å². The zero-order valence-electron chi connectivity index (χ0n) is 10.2. The lowest BCUT2D eigenvalue weighted by Gasteiger charge is -2.16. The lowest BCUT2D eigenvalue weighted by molar-refractivity contribution is -0.380. The predicted molar refractivity (Wildman–Crippen MR) is 80.5 cm³/mol. The highest BCUT2D eigenvalue weighted by Crippen LogP contribution is 2.33. The fraction of sp³-hybridized carbons (Fsp3) is 0.154. The summed E-state index contributed by atoms with van der Waals surface area (Å²) in [6.45, 7) is 0.607. The van der Waals surface area contributed by atoms with E-state index >= 15 is 0 Å². The van der Waals surface area contributed by atoms with Gasteiger partial charge < -0.3 is 4.90 Å². The Balaban J connectivity index is 1.91. The molecule has 0 saturated heterocycles. The topological polar surface area (TPSA) is 63.4 Å². The normalized spacial score (nSPS) is 13.3. The van der Waals surface area contributed by atoms with Crippen LogP contribution < -0.4 is 4.90 Å². The van der Waals surface area contributed by atoms with Crippen LogP contribution in [-0.2, 0) is 6.42 Å². The zero-order chi connectivity index (χ0) is 14.3. The van der Waals surface area contributed by atoms with Crippen molar-refractivity contribution in [2.75, 3.05) is 11.4 Å². The van der Waals surface area contributed by atoms with Crippen LogP contribution in [-0.4, -0.2) is 17.4 Å². The summed E-state index contributed by atoms with van der Waals surface area (Å²) in [6, 6.07) is 8.67. The quantitative estimate of drug-likeness (QED) is 0.612. The fourth-order valence-corrected chi connectivity index (χ4v) is 3.43. The van der Waals surface area contributed by atoms with Gasteiger partial charge >= 0.3 is 5.00 Å². The van der Waals surface area contributed by atoms with Gasteiger partial charge in [-0.05, 0) is 36.2 Å². The minimum absolute atomic E-state index is 0.0106. The Labute approximate surface area is 127 Å². The first kappa shape index (κ1) is 13.3. The third kappa shape index (κ3) is 2.23. The van der Waals surface area contributed by atoms with Crippen molar-refractivity contribution >= 4 is 43.9 Å². The van der Waals surface area contributed by atoms with Crippen molar-refractivity contribution in [1.82, 2.24) is 0 Å². The number of amides is 1. The maximum absolute atomic E-state index is 12.4. The second-order valence-electron chi connectivity index (χ2n) is 4.37. The van der Waals surface area contributed by atoms with Gasteiger partial charge in [-0.2, -0.15) is 0 Å². The van der Waals surface area contributed by atoms with Crippen molar-refractivity contribution in [1.29, 1.82) is 0 Å². The van der Waals surface area contributed by atoms with Crippen molar-refractivity contribution in [3.8, 4) is 0 Å². The number of halogens is 1. The molecular formula is C13H9BrN2O3S. The monoisotopic (exact) mass is 352 g/mol. The summed E-state index contributed by atoms with van der Waals surface area (Å²) in [5.41, 5.74) is 1.99. The van der Waals surface area contributed by atoms with Gasteiger partial charge in [-0.15, -0.1) is 0 Å². The van der Waals surface area contributed by atoms with Crippen LogP contribution in [0.5, 0.6) is 0 Å². The third-order valence-electron chi connectivity index (χ3n) is 3.16. The molecule has 0 fully saturated rings. The predicted octanol–water partition coefficient (Wildman–Crippen LogP) is 3.62. The van der Waals surface area contributed by atoms with E-state index in [1.807, 2.05) is 18.2 Å². The van der Waals surface area contributed by atoms with Gasteiger partial charge in [0.25, 0.3) is 5.91 Å². The Morgan fingerprint density at radius 3 is 2.85 bits per heavy atom. The number of carbonyl (C=O) groups is 1. The summed E-state index contributed by atoms with van der Waals surface area (Å²) in [4.78, 5) is 24.7. The van der Waals surface area contributed by atoms with Crippen LogP contribution in [0.4, 0.5) is 10.7 Å². The molecule has 0 unspecified atom stereocenters. The van der Waals surface area contributed by atoms with Gasteiger partial charge in [-0.3, -0.25) is 14.9 Å². The average Bonchev–Trinajstić information content (AvgIpc) is 3.04. The molecule has 1 aliphatic heterocycles. The summed E-state index contributed by atoms with van der Waals surface area (Å²) in [5.74, 6) is -0.177. The summed E-state index contributed by atoms with van der Waals surface area (Å²) in [5, 5.41) is 10.7. The molecule has 0 bridgehead atoms. The molecule has 0 spiro atoms. The minimum atomic E-state index is -0.476. The number of fused-ring (bicyclic) bond motifs is 1. The van der Waals surface area contributed by atoms with Crippen LogP contribution in [0, 0.1) is 10.1 Å². The number of rotatable bonds is 2. The molecule has 0 aliphatic carbocycles. The Morgan fingerprint density at radius 2 is 2.15 bits per heavy atom. The smallest absolute Gasteiger partial charge is 0.307 e. The fourth-order valence-electron chi connectivity index (χ4n) is 2.26. The first-order valence-corrected chi connectivity index (χ1v) is 7.52. The van der Waals surface area contributed by atoms with Gasteiger partial charge in [-0.25, -0.2) is 0 Å². The number of hydrogen-bond acceptors (Lipinski definition) is 4. The Bertz CT molecular complexity index is 713. The number of hydrogen-bond donors (Lipinski definition) is 0. The largest absolute Gasteiger partial charge is 0.324 e. The standard InChI is InChI=1S/C13H9BrN2O3S/c14-9-1-2-10-8(7-9)5-6-15(10)13(17)11-3-4-12(20-11)16(18)19/h1-4,7H,5-6H2. The summed E-state index contributed by atoms with van der Waals surface area (Å²) >= 11 is 4.32. The van der Waals surface area contributed by atoms with E-state index in [1.54, 1.807) is 4.90 Å². The third-order valence-corrected chi connectivity index (χ3v) is 4.68. The van der Waals surface area contributed by atoms with Crippen molar-refractivity contribution in [3.63, 3.8) is 0 Å². The first-order chi connectivity index (χ1) is 9.56. The summed E-state index contributed by atoms with van der Waals surface area (Å²) in [6.07, 6.45) is 0.800. The molecule has 3 rings (SSSR count). The van der Waals surface area contributed by atoms with Crippen molar-refractivity contribution in [2.45, 2.75) is 6.42 Å². The van der Waals surface area contributed by atoms with Gasteiger partial charge in [0.15, 0.2) is 0 Å². The van der Waals surface area contributed by atoms with Crippen LogP contribution in [0.3, 0.4) is 0 Å². The lowest BCUT2D eigenvalue weighted by Crippen LogP contribution is -2.28. The second-order valence-corrected chi connectivity index (χ2v) is 6.35. The Kier molecular flexibility index (Phi) is 3.31. The molecular weight excluding hydrogens is 344 g/mol. The minimum Gasteiger partial charge on any atom is -0.307 e. The van der Waals surface area contributed by atoms with E-state index in [0.717, 1.165) is 33.5 Å². The van der Waals surface area contributed by atoms with Crippen LogP contribution in [0.1, 0.15) is 15.2 Å². The average molecular weight is 353 g/mol. The molecule has 2 heterocycles. The number of anilines is 1. The first-order valence-electron chi connectivity index (χ1n) is 5.91. The summed E-state index contributed by atoms with van der Waals surface area (Å²) in [7, 11) is 0. The van der Waals surface area contributed by atoms with E-state index in [1.165, 1.54) is 12.1 Å². The lowest BCUT2D eigenvalue weighted by atomic mass is 10.2. The number of carbonyl (C=O) groups excluding carboxylic acids is 1. The SMILES string of the molecule is O=C(c1ccc([N+](=O)[O-])s1)N1CCc2cc(Br)ccc21. The highest BCUT2D eigenvalue weighted by molar-refractivity contribution is 9.10. The maximum Gasteiger partial charge on any atom is 0.324 e. The van der Waals surface area contributed by atoms with E-state index in [-0.39, 0.29) is 10.9 Å². The van der Waals surface area contributed by atoms with Crippen LogP contribution in [0.15, 0.2) is 34.8 Å². The molecule has 1 aromatic heterocycles. The van der Waals surface area contributed by atoms with Crippen molar-refractivity contribution in [3.05, 3.63) is 55.4 Å². The van der Waals surface area contributed by atoms with E-state index < -0.39 is 4.92 Å². The molecule has 5 nitrogen and oxygen atoms in total. The summed E-state index contributed by atoms with van der Waals surface area (Å²) < 4.78 is 0.984. The van der Waals surface area contributed by atoms with Crippen molar-refractivity contribution in [2.24, 2.45) is 0 Å². The number of nitrogens with zero attached hydrogens (tertiary/aromatic N) is 2. The zero-order valence-corrected chi connectivity index (χ0v) is 12.6. The molecule has 0 atom stereocenters. The molecule has 0 radical (unpaired) electrons. The van der Waals surface area contributed by atoms with Crippen LogP contribution in [0.25, 0.3) is 0 Å². The molecule has 2 aromatic rings. The van der Waals surface area contributed by atoms with Crippen LogP contribution >= 0.6 is 27.3 Å². The molecule has 0 saturated carbocycles. The van der Waals surface area contributed by atoms with E-state index in [9.17, 15) is 14.9 Å². The molecule has 20 heavy (non-hydrogen) atoms. The molecule has 1 aromatic carbocycles. The highest BCUT2D eigenvalue weighted by Gasteiger charge is 2.27. The molecule has 1 amide bonds. The molecule has 0 N–H and O–H groups in total. The van der Waals surface area contributed by atoms with E-state index in [2.05, 4.69) is 15.9 Å². The maximum atomic E-state index is 12.4. The number of nitro groups is 1. The van der Waals surface area contributed by atoms with E-state index in [0.29, 0.717) is 11.4 Å². The second kappa shape index (κ2) is 4.99. The van der Waals surface area contributed by atoms with Gasteiger partial charge in [0.2, 0.25) is 0 Å². The van der Waals surface area contributed by atoms with Crippen molar-refractivity contribution < 1.29 is 9.72 Å². The molecule has 1 aliphatic rings. The Hall–Kier alpha value is -1.73. The highest BCUT2D eigenvalue weighted by atomic mass is 79.9. The van der Waals surface area contributed by atoms with Gasteiger partial charge in [0, 0.05) is 22.8 Å². The van der Waals surface area contributed by atoms with Gasteiger partial charge in [-0.1, -0.05) is 27.3 Å². The van der Waals surface area contributed by atoms with Gasteiger partial charge in [0.05, 0.1) is 9.80 Å².